The number of hydrogen-bond donors (Lipinski definition) is 0. The Hall–Kier alpha value is -2.37. The molecule has 4 nitrogen and oxygen atoms in total. The molecule has 2 aromatic carbocycles. The third-order valence-electron chi connectivity index (χ3n) is 5.19. The lowest BCUT2D eigenvalue weighted by atomic mass is 9.91. The Morgan fingerprint density at radius 1 is 1.03 bits per heavy atom. The van der Waals surface area contributed by atoms with Crippen LogP contribution in [0.4, 0.5) is 5.69 Å². The van der Waals surface area contributed by atoms with Gasteiger partial charge in [0.1, 0.15) is 0 Å². The Morgan fingerprint density at radius 3 is 2.41 bits per heavy atom. The molecule has 1 aromatic heterocycles. The molecule has 0 saturated heterocycles. The van der Waals surface area contributed by atoms with Crippen LogP contribution in [0.2, 0.25) is 0 Å². The smallest absolute Gasteiger partial charge is 0.152 e. The minimum atomic E-state index is -1.22. The summed E-state index contributed by atoms with van der Waals surface area (Å²) in [6.07, 6.45) is 4.32. The Kier molecular flexibility index (Phi) is 7.67. The molecule has 5 heteroatoms. The van der Waals surface area contributed by atoms with Gasteiger partial charge < -0.3 is 9.30 Å². The summed E-state index contributed by atoms with van der Waals surface area (Å²) in [6, 6.07) is 22.4. The van der Waals surface area contributed by atoms with Gasteiger partial charge in [-0.25, -0.2) is 4.21 Å². The topological polar surface area (TPSA) is 34.5 Å². The van der Waals surface area contributed by atoms with Crippen LogP contribution in [-0.2, 0) is 22.3 Å². The molecule has 0 radical (unpaired) electrons. The second-order valence-corrected chi connectivity index (χ2v) is 8.63. The highest BCUT2D eigenvalue weighted by atomic mass is 32.2. The van der Waals surface area contributed by atoms with E-state index in [4.69, 9.17) is 4.74 Å². The molecule has 154 valence electrons. The van der Waals surface area contributed by atoms with Crippen LogP contribution >= 0.6 is 0 Å². The molecule has 0 amide bonds. The molecule has 1 heterocycles. The summed E-state index contributed by atoms with van der Waals surface area (Å²) in [5.41, 5.74) is 3.55. The van der Waals surface area contributed by atoms with Crippen molar-refractivity contribution < 1.29 is 8.95 Å². The molecule has 0 aliphatic rings. The van der Waals surface area contributed by atoms with Crippen molar-refractivity contribution >= 4 is 16.7 Å². The second-order valence-electron chi connectivity index (χ2n) is 7.11. The first-order valence-corrected chi connectivity index (χ1v) is 11.2. The zero-order valence-corrected chi connectivity index (χ0v) is 18.3. The minimum absolute atomic E-state index is 0.339. The number of nitrogens with zero attached hydrogens (tertiary/aromatic N) is 2. The van der Waals surface area contributed by atoms with Crippen LogP contribution in [0.1, 0.15) is 36.9 Å². The SMILES string of the molecule is CCCC(c1ccc(N(C)S(=O)c2ccccc2)cc1)c1cccn1CCOC. The molecule has 0 bridgehead atoms. The van der Waals surface area contributed by atoms with Crippen molar-refractivity contribution in [1.29, 1.82) is 0 Å². The van der Waals surface area contributed by atoms with E-state index < -0.39 is 11.0 Å². The monoisotopic (exact) mass is 410 g/mol. The van der Waals surface area contributed by atoms with Crippen LogP contribution in [-0.4, -0.2) is 29.5 Å². The first-order valence-electron chi connectivity index (χ1n) is 10.1. The van der Waals surface area contributed by atoms with Crippen LogP contribution in [0.15, 0.2) is 77.8 Å². The van der Waals surface area contributed by atoms with E-state index in [9.17, 15) is 4.21 Å². The summed E-state index contributed by atoms with van der Waals surface area (Å²) in [7, 11) is 2.39. The van der Waals surface area contributed by atoms with E-state index in [2.05, 4.69) is 54.1 Å². The van der Waals surface area contributed by atoms with Crippen molar-refractivity contribution in [3.63, 3.8) is 0 Å². The van der Waals surface area contributed by atoms with Gasteiger partial charge in [-0.2, -0.15) is 0 Å². The first kappa shape index (κ1) is 21.3. The molecule has 0 spiro atoms. The highest BCUT2D eigenvalue weighted by Crippen LogP contribution is 2.31. The molecule has 0 aliphatic carbocycles. The molecule has 0 saturated carbocycles. The average molecular weight is 411 g/mol. The predicted octanol–water partition coefficient (Wildman–Crippen LogP) is 5.23. The highest BCUT2D eigenvalue weighted by Gasteiger charge is 2.18. The molecular weight excluding hydrogens is 380 g/mol. The molecule has 0 aliphatic heterocycles. The number of methoxy groups -OCH3 is 1. The summed E-state index contributed by atoms with van der Waals surface area (Å²) in [5.74, 6) is 0.339. The van der Waals surface area contributed by atoms with E-state index in [1.54, 1.807) is 7.11 Å². The molecule has 3 rings (SSSR count). The minimum Gasteiger partial charge on any atom is -0.383 e. The Balaban J connectivity index is 1.81. The average Bonchev–Trinajstić information content (AvgIpc) is 3.24. The molecule has 2 unspecified atom stereocenters. The van der Waals surface area contributed by atoms with E-state index in [1.807, 2.05) is 41.7 Å². The maximum atomic E-state index is 12.8. The zero-order valence-electron chi connectivity index (χ0n) is 17.5. The fourth-order valence-electron chi connectivity index (χ4n) is 3.62. The highest BCUT2D eigenvalue weighted by molar-refractivity contribution is 7.86. The number of rotatable bonds is 10. The Morgan fingerprint density at radius 2 is 1.76 bits per heavy atom. The fourth-order valence-corrected chi connectivity index (χ4v) is 4.64. The molecule has 0 N–H and O–H groups in total. The van der Waals surface area contributed by atoms with Crippen LogP contribution < -0.4 is 4.31 Å². The fraction of sp³-hybridized carbons (Fsp3) is 0.333. The van der Waals surface area contributed by atoms with Crippen molar-refractivity contribution in [2.24, 2.45) is 0 Å². The van der Waals surface area contributed by atoms with Gasteiger partial charge in [0, 0.05) is 44.2 Å². The van der Waals surface area contributed by atoms with Crippen LogP contribution in [0.25, 0.3) is 0 Å². The third kappa shape index (κ3) is 5.17. The predicted molar refractivity (Wildman–Crippen MR) is 121 cm³/mol. The number of benzene rings is 2. The van der Waals surface area contributed by atoms with Gasteiger partial charge >= 0.3 is 0 Å². The largest absolute Gasteiger partial charge is 0.383 e. The summed E-state index contributed by atoms with van der Waals surface area (Å²) >= 11 is 0. The van der Waals surface area contributed by atoms with Gasteiger partial charge in [0.15, 0.2) is 11.0 Å². The normalized spacial score (nSPS) is 13.2. The lowest BCUT2D eigenvalue weighted by Crippen LogP contribution is -2.20. The van der Waals surface area contributed by atoms with Crippen molar-refractivity contribution in [1.82, 2.24) is 4.57 Å². The van der Waals surface area contributed by atoms with Crippen molar-refractivity contribution in [3.8, 4) is 0 Å². The zero-order chi connectivity index (χ0) is 20.6. The Bertz CT molecular complexity index is 906. The first-order chi connectivity index (χ1) is 14.2. The molecule has 0 fully saturated rings. The van der Waals surface area contributed by atoms with Crippen molar-refractivity contribution in [2.45, 2.75) is 37.1 Å². The summed E-state index contributed by atoms with van der Waals surface area (Å²) in [5, 5.41) is 0. The van der Waals surface area contributed by atoms with Gasteiger partial charge in [0.25, 0.3) is 0 Å². The molecule has 3 aromatic rings. The molecular formula is C24H30N2O2S. The second kappa shape index (κ2) is 10.4. The van der Waals surface area contributed by atoms with Gasteiger partial charge in [-0.15, -0.1) is 0 Å². The van der Waals surface area contributed by atoms with E-state index in [-0.39, 0.29) is 0 Å². The quantitative estimate of drug-likeness (QED) is 0.459. The molecule has 29 heavy (non-hydrogen) atoms. The van der Waals surface area contributed by atoms with Gasteiger partial charge in [-0.1, -0.05) is 43.7 Å². The lowest BCUT2D eigenvalue weighted by molar-refractivity contribution is 0.186. The van der Waals surface area contributed by atoms with Gasteiger partial charge in [0.2, 0.25) is 0 Å². The van der Waals surface area contributed by atoms with Crippen molar-refractivity contribution in [2.75, 3.05) is 25.1 Å². The van der Waals surface area contributed by atoms with Gasteiger partial charge in [0.05, 0.1) is 11.5 Å². The summed E-state index contributed by atoms with van der Waals surface area (Å²) < 4.78 is 22.2. The van der Waals surface area contributed by atoms with Gasteiger partial charge in [-0.3, -0.25) is 4.31 Å². The van der Waals surface area contributed by atoms with E-state index in [0.29, 0.717) is 12.5 Å². The van der Waals surface area contributed by atoms with Crippen LogP contribution in [0.5, 0.6) is 0 Å². The number of aromatic nitrogens is 1. The van der Waals surface area contributed by atoms with E-state index >= 15 is 0 Å². The number of anilines is 1. The summed E-state index contributed by atoms with van der Waals surface area (Å²) in [6.45, 7) is 3.78. The van der Waals surface area contributed by atoms with Crippen molar-refractivity contribution in [3.05, 3.63) is 84.2 Å². The Labute approximate surface area is 176 Å². The van der Waals surface area contributed by atoms with Crippen LogP contribution in [0.3, 0.4) is 0 Å². The summed E-state index contributed by atoms with van der Waals surface area (Å²) in [4.78, 5) is 0.805. The maximum absolute atomic E-state index is 12.8. The van der Waals surface area contributed by atoms with E-state index in [0.717, 1.165) is 30.0 Å². The number of hydrogen-bond acceptors (Lipinski definition) is 2. The lowest BCUT2D eigenvalue weighted by Gasteiger charge is -2.22. The third-order valence-corrected chi connectivity index (χ3v) is 6.57. The van der Waals surface area contributed by atoms with E-state index in [1.165, 1.54) is 11.3 Å². The van der Waals surface area contributed by atoms with Crippen LogP contribution in [0, 0.1) is 0 Å². The maximum Gasteiger partial charge on any atom is 0.152 e. The van der Waals surface area contributed by atoms with Gasteiger partial charge in [-0.05, 0) is 48.4 Å². The molecule has 2 atom stereocenters. The number of ether oxygens (including phenoxy) is 1. The standard InChI is InChI=1S/C24H30N2O2S/c1-4-9-23(24-12-8-17-26(24)18-19-28-3)20-13-15-21(16-14-20)25(2)29(27)22-10-6-5-7-11-22/h5-8,10-17,23H,4,9,18-19H2,1-3H3.